The van der Waals surface area contributed by atoms with Crippen molar-refractivity contribution >= 4 is 23.5 Å². The van der Waals surface area contributed by atoms with Gasteiger partial charge in [-0.05, 0) is 40.5 Å². The Morgan fingerprint density at radius 2 is 1.50 bits per heavy atom. The normalized spacial score (nSPS) is 27.2. The first-order valence-corrected chi connectivity index (χ1v) is 14.6. The van der Waals surface area contributed by atoms with Crippen LogP contribution >= 0.6 is 0 Å². The van der Waals surface area contributed by atoms with Crippen molar-refractivity contribution in [2.24, 2.45) is 5.92 Å². The first kappa shape index (κ1) is 27.6. The number of fused-ring (bicyclic) bond motifs is 3. The summed E-state index contributed by atoms with van der Waals surface area (Å²) >= 11 is 0. The smallest absolute Gasteiger partial charge is 0.324 e. The number of amides is 2. The van der Waals surface area contributed by atoms with E-state index in [-0.39, 0.29) is 18.2 Å². The second-order valence-electron chi connectivity index (χ2n) is 11.4. The Balaban J connectivity index is 1.55. The number of rotatable bonds is 6. The Morgan fingerprint density at radius 1 is 0.864 bits per heavy atom. The Kier molecular flexibility index (Phi) is 6.78. The summed E-state index contributed by atoms with van der Waals surface area (Å²) in [7, 11) is 0. The molecule has 4 aromatic rings. The number of ether oxygens (including phenoxy) is 1. The maximum Gasteiger partial charge on any atom is 0.324 e. The van der Waals surface area contributed by atoms with Crippen LogP contribution in [0.25, 0.3) is 0 Å². The van der Waals surface area contributed by atoms with Gasteiger partial charge in [-0.2, -0.15) is 0 Å². The summed E-state index contributed by atoms with van der Waals surface area (Å²) in [5.74, 6) is -2.49. The van der Waals surface area contributed by atoms with Crippen LogP contribution in [0.3, 0.4) is 0 Å². The number of nitrogens with zero attached hydrogens (tertiary/aromatic N) is 1. The zero-order valence-electron chi connectivity index (χ0n) is 23.8. The first-order chi connectivity index (χ1) is 21.5. The zero-order valence-corrected chi connectivity index (χ0v) is 23.8. The number of hydrogen-bond acceptors (Lipinski definition) is 6. The molecule has 0 unspecified atom stereocenters. The number of nitrogens with one attached hydrogen (secondary N) is 2. The number of esters is 1. The van der Waals surface area contributed by atoms with Crippen molar-refractivity contribution in [3.8, 4) is 5.75 Å². The van der Waals surface area contributed by atoms with E-state index in [1.54, 1.807) is 30.3 Å². The number of benzene rings is 4. The van der Waals surface area contributed by atoms with Crippen molar-refractivity contribution < 1.29 is 24.2 Å². The molecule has 7 rings (SSSR count). The van der Waals surface area contributed by atoms with Crippen molar-refractivity contribution in [1.82, 2.24) is 10.2 Å². The minimum Gasteiger partial charge on any atom is -0.508 e. The standard InChI is InChI=1S/C36H31N3O5/c1-2-21-37-33(41)28-30-34(42)44-31(23-13-7-4-8-14-23)29(22-11-5-3-6-12-22)39(30)32(24-17-19-25(40)20-18-24)36(28)26-15-9-10-16-27(26)38-35(36)43/h2-20,28-32,40H,1,21H2,(H,37,41)(H,38,43)/t28-,29-,30-,31+,32+,36-/m0/s1. The average Bonchev–Trinajstić information content (AvgIpc) is 3.53. The van der Waals surface area contributed by atoms with Crippen molar-refractivity contribution in [1.29, 1.82) is 0 Å². The third-order valence-corrected chi connectivity index (χ3v) is 9.13. The molecule has 3 heterocycles. The Bertz CT molecular complexity index is 1740. The number of morpholine rings is 1. The number of phenols is 1. The highest BCUT2D eigenvalue weighted by molar-refractivity contribution is 6.12. The van der Waals surface area contributed by atoms with E-state index < -0.39 is 47.4 Å². The number of para-hydroxylation sites is 1. The van der Waals surface area contributed by atoms with E-state index in [0.29, 0.717) is 16.8 Å². The molecule has 3 aliphatic rings. The summed E-state index contributed by atoms with van der Waals surface area (Å²) < 4.78 is 6.32. The largest absolute Gasteiger partial charge is 0.508 e. The lowest BCUT2D eigenvalue weighted by Crippen LogP contribution is -2.54. The molecule has 0 aliphatic carbocycles. The fourth-order valence-corrected chi connectivity index (χ4v) is 7.49. The zero-order chi connectivity index (χ0) is 30.4. The molecule has 3 aliphatic heterocycles. The van der Waals surface area contributed by atoms with Crippen LogP contribution in [0, 0.1) is 5.92 Å². The van der Waals surface area contributed by atoms with Gasteiger partial charge in [-0.3, -0.25) is 19.3 Å². The summed E-state index contributed by atoms with van der Waals surface area (Å²) in [6.07, 6.45) is 0.836. The lowest BCUT2D eigenvalue weighted by molar-refractivity contribution is -0.178. The molecule has 6 atom stereocenters. The van der Waals surface area contributed by atoms with Gasteiger partial charge in [0.25, 0.3) is 0 Å². The van der Waals surface area contributed by atoms with Crippen molar-refractivity contribution in [3.05, 3.63) is 144 Å². The van der Waals surface area contributed by atoms with Gasteiger partial charge in [-0.25, -0.2) is 0 Å². The number of aromatic hydroxyl groups is 1. The molecular weight excluding hydrogens is 554 g/mol. The lowest BCUT2D eigenvalue weighted by Gasteiger charge is -2.46. The summed E-state index contributed by atoms with van der Waals surface area (Å²) in [6.45, 7) is 3.90. The molecule has 0 saturated carbocycles. The van der Waals surface area contributed by atoms with Crippen molar-refractivity contribution in [3.63, 3.8) is 0 Å². The van der Waals surface area contributed by atoms with Crippen molar-refractivity contribution in [2.45, 2.75) is 29.6 Å². The molecule has 2 amide bonds. The minimum atomic E-state index is -1.51. The summed E-state index contributed by atoms with van der Waals surface area (Å²) in [5.41, 5.74) is 2.06. The fraction of sp³-hybridized carbons (Fsp3) is 0.194. The maximum atomic E-state index is 14.6. The van der Waals surface area contributed by atoms with E-state index in [1.165, 1.54) is 0 Å². The molecule has 220 valence electrons. The van der Waals surface area contributed by atoms with E-state index in [0.717, 1.165) is 11.1 Å². The number of carbonyl (C=O) groups is 3. The number of anilines is 1. The van der Waals surface area contributed by atoms with E-state index in [9.17, 15) is 19.5 Å². The van der Waals surface area contributed by atoms with Gasteiger partial charge in [0.1, 0.15) is 23.3 Å². The maximum absolute atomic E-state index is 14.6. The molecule has 0 radical (unpaired) electrons. The van der Waals surface area contributed by atoms with Gasteiger partial charge in [-0.15, -0.1) is 6.58 Å². The van der Waals surface area contributed by atoms with Gasteiger partial charge in [0.2, 0.25) is 11.8 Å². The monoisotopic (exact) mass is 585 g/mol. The van der Waals surface area contributed by atoms with Crippen molar-refractivity contribution in [2.75, 3.05) is 11.9 Å². The second kappa shape index (κ2) is 10.8. The Labute approximate surface area is 255 Å². The van der Waals surface area contributed by atoms with Gasteiger partial charge in [-0.1, -0.05) is 97.1 Å². The van der Waals surface area contributed by atoms with Crippen LogP contribution in [0.4, 0.5) is 5.69 Å². The van der Waals surface area contributed by atoms with Crippen LogP contribution in [0.2, 0.25) is 0 Å². The SMILES string of the molecule is C=CCNC(=O)[C@@H]1[C@H]2C(=O)O[C@H](c3ccccc3)[C@H](c3ccccc3)N2[C@H](c2ccc(O)cc2)[C@@]12C(=O)Nc1ccccc12. The number of carbonyl (C=O) groups excluding carboxylic acids is 3. The molecule has 0 bridgehead atoms. The van der Waals surface area contributed by atoms with Crippen LogP contribution in [0.5, 0.6) is 5.75 Å². The van der Waals surface area contributed by atoms with Gasteiger partial charge in [0.05, 0.1) is 18.0 Å². The fourth-order valence-electron chi connectivity index (χ4n) is 7.49. The van der Waals surface area contributed by atoms with Gasteiger partial charge < -0.3 is 20.5 Å². The van der Waals surface area contributed by atoms with Gasteiger partial charge >= 0.3 is 5.97 Å². The average molecular weight is 586 g/mol. The van der Waals surface area contributed by atoms with Crippen LogP contribution in [-0.2, 0) is 24.5 Å². The topological polar surface area (TPSA) is 108 Å². The minimum absolute atomic E-state index is 0.0636. The molecule has 3 N–H and O–H groups in total. The van der Waals surface area contributed by atoms with E-state index in [1.807, 2.05) is 89.8 Å². The molecule has 44 heavy (non-hydrogen) atoms. The van der Waals surface area contributed by atoms with Crippen LogP contribution in [0.1, 0.15) is 40.4 Å². The molecule has 1 spiro atoms. The second-order valence-corrected chi connectivity index (χ2v) is 11.4. The van der Waals surface area contributed by atoms with E-state index >= 15 is 0 Å². The predicted octanol–water partition coefficient (Wildman–Crippen LogP) is 4.97. The third-order valence-electron chi connectivity index (χ3n) is 9.13. The molecule has 2 saturated heterocycles. The van der Waals surface area contributed by atoms with Crippen LogP contribution < -0.4 is 10.6 Å². The van der Waals surface area contributed by atoms with Gasteiger partial charge in [0.15, 0.2) is 0 Å². The lowest BCUT2D eigenvalue weighted by atomic mass is 9.65. The summed E-state index contributed by atoms with van der Waals surface area (Å²) in [6, 6.07) is 30.8. The predicted molar refractivity (Wildman–Crippen MR) is 164 cm³/mol. The summed E-state index contributed by atoms with van der Waals surface area (Å²) in [4.78, 5) is 45.3. The number of hydrogen-bond donors (Lipinski definition) is 3. The van der Waals surface area contributed by atoms with E-state index in [2.05, 4.69) is 17.2 Å². The number of phenolic OH excluding ortho intramolecular Hbond substituents is 1. The van der Waals surface area contributed by atoms with Gasteiger partial charge in [0, 0.05) is 12.2 Å². The highest BCUT2D eigenvalue weighted by Crippen LogP contribution is 2.64. The Hall–Kier alpha value is -5.21. The van der Waals surface area contributed by atoms with E-state index in [4.69, 9.17) is 4.74 Å². The molecule has 8 heteroatoms. The molecule has 0 aromatic heterocycles. The Morgan fingerprint density at radius 3 is 2.18 bits per heavy atom. The molecule has 2 fully saturated rings. The highest BCUT2D eigenvalue weighted by Gasteiger charge is 2.73. The number of cyclic esters (lactones) is 1. The summed E-state index contributed by atoms with van der Waals surface area (Å²) in [5, 5.41) is 16.2. The molecule has 4 aromatic carbocycles. The highest BCUT2D eigenvalue weighted by atomic mass is 16.6. The third kappa shape index (κ3) is 4.06. The molecular formula is C36H31N3O5. The molecule has 8 nitrogen and oxygen atoms in total. The quantitative estimate of drug-likeness (QED) is 0.218. The van der Waals surface area contributed by atoms with Crippen LogP contribution in [0.15, 0.2) is 122 Å². The first-order valence-electron chi connectivity index (χ1n) is 14.6. The van der Waals surface area contributed by atoms with Crippen LogP contribution in [-0.4, -0.2) is 40.4 Å².